The first kappa shape index (κ1) is 4.73. The number of hydrogen-bond acceptors (Lipinski definition) is 1. The van der Waals surface area contributed by atoms with Crippen molar-refractivity contribution >= 4 is 0 Å². The topological polar surface area (TPSA) is 12.5 Å². The van der Waals surface area contributed by atoms with Gasteiger partial charge in [0.1, 0.15) is 0 Å². The van der Waals surface area contributed by atoms with Gasteiger partial charge in [0.05, 0.1) is 12.2 Å². The maximum atomic E-state index is 5.49. The standard InChI is InChI=1S/C8H12O/c1-8-3-2-5(8)4-6-7(8)9-6/h5-7H,2-4H2,1H3/t5?,6-,7-,8+/m0/s1. The lowest BCUT2D eigenvalue weighted by atomic mass is 9.63. The Balaban J connectivity index is 1.99. The number of epoxide rings is 1. The SMILES string of the molecule is C[C@@]12CCC1C[C@@H]1O[C@@H]12. The van der Waals surface area contributed by atoms with Crippen molar-refractivity contribution in [3.63, 3.8) is 0 Å². The van der Waals surface area contributed by atoms with Crippen molar-refractivity contribution in [3.05, 3.63) is 0 Å². The van der Waals surface area contributed by atoms with Gasteiger partial charge >= 0.3 is 0 Å². The zero-order valence-electron chi connectivity index (χ0n) is 5.76. The maximum absolute atomic E-state index is 5.49. The summed E-state index contributed by atoms with van der Waals surface area (Å²) in [6.45, 7) is 2.40. The lowest BCUT2D eigenvalue weighted by molar-refractivity contribution is 0.0136. The highest BCUT2D eigenvalue weighted by Gasteiger charge is 2.66. The smallest absolute Gasteiger partial charge is 0.0898 e. The van der Waals surface area contributed by atoms with E-state index in [0.717, 1.165) is 5.92 Å². The summed E-state index contributed by atoms with van der Waals surface area (Å²) in [7, 11) is 0. The van der Waals surface area contributed by atoms with E-state index in [2.05, 4.69) is 6.92 Å². The predicted octanol–water partition coefficient (Wildman–Crippen LogP) is 1.57. The molecule has 0 aromatic rings. The molecule has 0 radical (unpaired) electrons. The lowest BCUT2D eigenvalue weighted by Crippen LogP contribution is -2.38. The van der Waals surface area contributed by atoms with Gasteiger partial charge in [-0.3, -0.25) is 0 Å². The van der Waals surface area contributed by atoms with Crippen LogP contribution in [0.2, 0.25) is 0 Å². The van der Waals surface area contributed by atoms with E-state index in [1.54, 1.807) is 0 Å². The molecular weight excluding hydrogens is 112 g/mol. The highest BCUT2D eigenvalue weighted by molar-refractivity contribution is 5.14. The molecule has 9 heavy (non-hydrogen) atoms. The van der Waals surface area contributed by atoms with Crippen LogP contribution in [0.5, 0.6) is 0 Å². The number of rotatable bonds is 0. The minimum absolute atomic E-state index is 0.644. The molecule has 0 amide bonds. The average molecular weight is 124 g/mol. The van der Waals surface area contributed by atoms with Crippen LogP contribution in [0, 0.1) is 11.3 Å². The molecule has 3 rings (SSSR count). The van der Waals surface area contributed by atoms with E-state index in [0.29, 0.717) is 17.6 Å². The summed E-state index contributed by atoms with van der Waals surface area (Å²) in [5, 5.41) is 0. The van der Waals surface area contributed by atoms with Gasteiger partial charge in [-0.2, -0.15) is 0 Å². The van der Waals surface area contributed by atoms with Crippen LogP contribution in [0.25, 0.3) is 0 Å². The first-order valence-electron chi connectivity index (χ1n) is 3.96. The van der Waals surface area contributed by atoms with Crippen LogP contribution >= 0.6 is 0 Å². The van der Waals surface area contributed by atoms with E-state index in [4.69, 9.17) is 4.74 Å². The van der Waals surface area contributed by atoms with Gasteiger partial charge in [-0.15, -0.1) is 0 Å². The molecular formula is C8H12O. The summed E-state index contributed by atoms with van der Waals surface area (Å²) >= 11 is 0. The van der Waals surface area contributed by atoms with E-state index >= 15 is 0 Å². The van der Waals surface area contributed by atoms with Gasteiger partial charge < -0.3 is 4.74 Å². The van der Waals surface area contributed by atoms with Gasteiger partial charge in [-0.05, 0) is 30.6 Å². The predicted molar refractivity (Wildman–Crippen MR) is 34.1 cm³/mol. The largest absolute Gasteiger partial charge is 0.369 e. The summed E-state index contributed by atoms with van der Waals surface area (Å²) in [4.78, 5) is 0. The Morgan fingerprint density at radius 2 is 2.44 bits per heavy atom. The summed E-state index contributed by atoms with van der Waals surface area (Å²) in [6, 6.07) is 0. The van der Waals surface area contributed by atoms with Crippen molar-refractivity contribution < 1.29 is 4.74 Å². The van der Waals surface area contributed by atoms with Crippen LogP contribution in [0.4, 0.5) is 0 Å². The maximum Gasteiger partial charge on any atom is 0.0898 e. The van der Waals surface area contributed by atoms with Gasteiger partial charge in [0.15, 0.2) is 0 Å². The van der Waals surface area contributed by atoms with Gasteiger partial charge in [0.2, 0.25) is 0 Å². The molecule has 0 aromatic heterocycles. The number of ether oxygens (including phenoxy) is 1. The van der Waals surface area contributed by atoms with Crippen LogP contribution in [0.1, 0.15) is 26.2 Å². The monoisotopic (exact) mass is 124 g/mol. The quantitative estimate of drug-likeness (QED) is 0.446. The minimum Gasteiger partial charge on any atom is -0.369 e. The molecule has 1 heterocycles. The van der Waals surface area contributed by atoms with Crippen molar-refractivity contribution in [1.29, 1.82) is 0 Å². The van der Waals surface area contributed by atoms with Crippen LogP contribution in [0.3, 0.4) is 0 Å². The second-order valence-electron chi connectivity index (χ2n) is 4.07. The summed E-state index contributed by atoms with van der Waals surface area (Å²) in [5.41, 5.74) is 0.644. The van der Waals surface area contributed by atoms with E-state index in [1.165, 1.54) is 19.3 Å². The van der Waals surface area contributed by atoms with Crippen LogP contribution in [0.15, 0.2) is 0 Å². The zero-order chi connectivity index (χ0) is 6.06. The number of hydrogen-bond donors (Lipinski definition) is 0. The first-order valence-corrected chi connectivity index (χ1v) is 3.96. The molecule has 50 valence electrons. The third kappa shape index (κ3) is 0.362. The molecule has 3 fully saturated rings. The summed E-state index contributed by atoms with van der Waals surface area (Å²) in [5.74, 6) is 1.04. The minimum atomic E-state index is 0.644. The lowest BCUT2D eigenvalue weighted by Gasteiger charge is -2.43. The van der Waals surface area contributed by atoms with Gasteiger partial charge in [-0.25, -0.2) is 0 Å². The van der Waals surface area contributed by atoms with Gasteiger partial charge in [-0.1, -0.05) is 6.92 Å². The third-order valence-electron chi connectivity index (χ3n) is 3.71. The Morgan fingerprint density at radius 3 is 2.78 bits per heavy atom. The molecule has 0 N–H and O–H groups in total. The molecule has 1 nitrogen and oxygen atoms in total. The fraction of sp³-hybridized carbons (Fsp3) is 1.00. The molecule has 0 spiro atoms. The molecule has 4 atom stereocenters. The molecule has 1 saturated heterocycles. The van der Waals surface area contributed by atoms with Crippen molar-refractivity contribution in [2.75, 3.05) is 0 Å². The van der Waals surface area contributed by atoms with Gasteiger partial charge in [0.25, 0.3) is 0 Å². The van der Waals surface area contributed by atoms with Gasteiger partial charge in [0, 0.05) is 0 Å². The molecule has 1 unspecified atom stereocenters. The summed E-state index contributed by atoms with van der Waals surface area (Å²) in [6.07, 6.45) is 5.67. The van der Waals surface area contributed by atoms with E-state index in [1.807, 2.05) is 0 Å². The molecule has 2 aliphatic carbocycles. The molecule has 2 saturated carbocycles. The van der Waals surface area contributed by atoms with Crippen molar-refractivity contribution in [2.45, 2.75) is 38.4 Å². The molecule has 0 bridgehead atoms. The Bertz CT molecular complexity index is 160. The van der Waals surface area contributed by atoms with Crippen LogP contribution in [-0.4, -0.2) is 12.2 Å². The Labute approximate surface area is 55.4 Å². The third-order valence-corrected chi connectivity index (χ3v) is 3.71. The normalized spacial score (nSPS) is 68.3. The summed E-state index contributed by atoms with van der Waals surface area (Å²) < 4.78 is 5.49. The van der Waals surface area contributed by atoms with Crippen LogP contribution in [-0.2, 0) is 4.74 Å². The molecule has 0 aromatic carbocycles. The van der Waals surface area contributed by atoms with Crippen molar-refractivity contribution in [1.82, 2.24) is 0 Å². The van der Waals surface area contributed by atoms with Crippen molar-refractivity contribution in [2.24, 2.45) is 11.3 Å². The molecule has 3 aliphatic rings. The Hall–Kier alpha value is -0.0400. The van der Waals surface area contributed by atoms with E-state index < -0.39 is 0 Å². The van der Waals surface area contributed by atoms with Crippen molar-refractivity contribution in [3.8, 4) is 0 Å². The highest BCUT2D eigenvalue weighted by Crippen LogP contribution is 2.64. The van der Waals surface area contributed by atoms with Crippen LogP contribution < -0.4 is 0 Å². The van der Waals surface area contributed by atoms with E-state index in [9.17, 15) is 0 Å². The average Bonchev–Trinajstić information content (AvgIpc) is 2.53. The fourth-order valence-corrected chi connectivity index (χ4v) is 2.75. The highest BCUT2D eigenvalue weighted by atomic mass is 16.6. The molecule has 1 heteroatoms. The fourth-order valence-electron chi connectivity index (χ4n) is 2.75. The first-order chi connectivity index (χ1) is 4.31. The second kappa shape index (κ2) is 1.07. The Kier molecular flexibility index (Phi) is 0.563. The Morgan fingerprint density at radius 1 is 1.56 bits per heavy atom. The van der Waals surface area contributed by atoms with E-state index in [-0.39, 0.29) is 0 Å². The molecule has 1 aliphatic heterocycles. The second-order valence-corrected chi connectivity index (χ2v) is 4.07. The zero-order valence-corrected chi connectivity index (χ0v) is 5.76. The number of fused-ring (bicyclic) bond motifs is 3.